The molecule has 0 fully saturated rings. The van der Waals surface area contributed by atoms with Crippen LogP contribution in [0.1, 0.15) is 5.56 Å². The SMILES string of the molecule is O=S(=O)(CCOCCc1ccsc1)N=S(=O)(OF)C(F)F. The van der Waals surface area contributed by atoms with E-state index in [1.165, 1.54) is 11.3 Å². The van der Waals surface area contributed by atoms with Crippen molar-refractivity contribution in [2.75, 3.05) is 19.0 Å². The Morgan fingerprint density at radius 3 is 2.52 bits per heavy atom. The summed E-state index contributed by atoms with van der Waals surface area (Å²) in [5.41, 5.74) is 1.01. The summed E-state index contributed by atoms with van der Waals surface area (Å²) in [5.74, 6) is -4.68. The van der Waals surface area contributed by atoms with Gasteiger partial charge in [0.1, 0.15) is 0 Å². The van der Waals surface area contributed by atoms with Crippen molar-refractivity contribution >= 4 is 31.4 Å². The minimum atomic E-state index is -5.20. The van der Waals surface area contributed by atoms with Crippen molar-refractivity contribution in [3.05, 3.63) is 22.4 Å². The molecule has 0 aliphatic rings. The number of halogens is 3. The number of hydrogen-bond donors (Lipinski definition) is 0. The first-order valence-electron chi connectivity index (χ1n) is 5.46. The van der Waals surface area contributed by atoms with Gasteiger partial charge >= 0.3 is 5.76 Å². The second-order valence-electron chi connectivity index (χ2n) is 3.69. The smallest absolute Gasteiger partial charge is 0.346 e. The molecule has 0 N–H and O–H groups in total. The van der Waals surface area contributed by atoms with Gasteiger partial charge in [-0.05, 0) is 33.3 Å². The lowest BCUT2D eigenvalue weighted by Gasteiger charge is -2.04. The molecule has 0 radical (unpaired) electrons. The molecular formula is C9H12F3NO5S3. The maximum Gasteiger partial charge on any atom is 0.346 e. The molecule has 1 rings (SSSR count). The Bertz CT molecular complexity index is 638. The number of thiophene rings is 1. The molecule has 0 aliphatic heterocycles. The van der Waals surface area contributed by atoms with E-state index in [2.05, 4.69) is 8.16 Å². The van der Waals surface area contributed by atoms with Crippen LogP contribution in [0.15, 0.2) is 20.6 Å². The Morgan fingerprint density at radius 1 is 1.29 bits per heavy atom. The summed E-state index contributed by atoms with van der Waals surface area (Å²) in [7, 11) is -9.75. The molecule has 0 saturated carbocycles. The van der Waals surface area contributed by atoms with E-state index >= 15 is 0 Å². The van der Waals surface area contributed by atoms with Gasteiger partial charge in [-0.15, -0.1) is 0 Å². The van der Waals surface area contributed by atoms with Crippen LogP contribution < -0.4 is 0 Å². The van der Waals surface area contributed by atoms with E-state index in [4.69, 9.17) is 4.74 Å². The Morgan fingerprint density at radius 2 is 2.00 bits per heavy atom. The van der Waals surface area contributed by atoms with Crippen LogP contribution in [-0.4, -0.2) is 37.4 Å². The summed E-state index contributed by atoms with van der Waals surface area (Å²) in [4.78, 5) is 0. The van der Waals surface area contributed by atoms with Gasteiger partial charge in [-0.3, -0.25) is 0 Å². The third-order valence-corrected chi connectivity index (χ3v) is 5.92. The number of alkyl halides is 2. The van der Waals surface area contributed by atoms with Crippen molar-refractivity contribution in [1.82, 2.24) is 0 Å². The van der Waals surface area contributed by atoms with Crippen LogP contribution in [-0.2, 0) is 35.6 Å². The maximum atomic E-state index is 12.2. The first-order chi connectivity index (χ1) is 9.79. The van der Waals surface area contributed by atoms with Crippen molar-refractivity contribution in [2.45, 2.75) is 12.2 Å². The molecule has 21 heavy (non-hydrogen) atoms. The number of nitrogens with zero attached hydrogens (tertiary/aromatic N) is 1. The highest BCUT2D eigenvalue weighted by molar-refractivity contribution is 8.01. The van der Waals surface area contributed by atoms with Crippen LogP contribution >= 0.6 is 11.3 Å². The Labute approximate surface area is 124 Å². The number of hydrogen-bond acceptors (Lipinski definition) is 6. The van der Waals surface area contributed by atoms with Gasteiger partial charge in [-0.1, -0.05) is 8.16 Å². The van der Waals surface area contributed by atoms with Gasteiger partial charge < -0.3 is 4.74 Å². The number of sulfonamides is 1. The zero-order valence-electron chi connectivity index (χ0n) is 10.5. The van der Waals surface area contributed by atoms with Gasteiger partial charge in [0.25, 0.3) is 20.0 Å². The van der Waals surface area contributed by atoms with Crippen molar-refractivity contribution < 1.29 is 35.1 Å². The van der Waals surface area contributed by atoms with Crippen LogP contribution in [0.2, 0.25) is 0 Å². The topological polar surface area (TPSA) is 82.0 Å². The molecule has 1 heterocycles. The van der Waals surface area contributed by atoms with E-state index in [1.807, 2.05) is 16.8 Å². The average molecular weight is 367 g/mol. The molecule has 122 valence electrons. The molecule has 6 nitrogen and oxygen atoms in total. The van der Waals surface area contributed by atoms with Crippen molar-refractivity contribution in [1.29, 1.82) is 0 Å². The Kier molecular flexibility index (Phi) is 7.06. The molecule has 0 spiro atoms. The monoisotopic (exact) mass is 367 g/mol. The van der Waals surface area contributed by atoms with E-state index < -0.39 is 31.5 Å². The molecule has 1 unspecified atom stereocenters. The summed E-state index contributed by atoms with van der Waals surface area (Å²) in [5, 5.41) is 3.77. The summed E-state index contributed by atoms with van der Waals surface area (Å²) < 4.78 is 79.5. The summed E-state index contributed by atoms with van der Waals surface area (Å²) in [6, 6.07) is 1.87. The molecule has 1 aromatic heterocycles. The van der Waals surface area contributed by atoms with Gasteiger partial charge in [0, 0.05) is 0 Å². The van der Waals surface area contributed by atoms with Crippen LogP contribution in [0.5, 0.6) is 0 Å². The zero-order valence-corrected chi connectivity index (χ0v) is 12.9. The van der Waals surface area contributed by atoms with Crippen LogP contribution in [0.25, 0.3) is 0 Å². The Hall–Kier alpha value is -0.690. The third-order valence-electron chi connectivity index (χ3n) is 2.13. The molecular weight excluding hydrogens is 355 g/mol. The van der Waals surface area contributed by atoms with E-state index in [0.29, 0.717) is 6.42 Å². The van der Waals surface area contributed by atoms with Crippen molar-refractivity contribution in [3.63, 3.8) is 0 Å². The van der Waals surface area contributed by atoms with Gasteiger partial charge in [0.2, 0.25) is 0 Å². The zero-order chi connectivity index (χ0) is 15.9. The lowest BCUT2D eigenvalue weighted by molar-refractivity contribution is -0.000785. The fourth-order valence-corrected chi connectivity index (χ4v) is 4.16. The normalized spacial score (nSPS) is 15.0. The summed E-state index contributed by atoms with van der Waals surface area (Å²) in [6.07, 6.45) is 0.558. The predicted molar refractivity (Wildman–Crippen MR) is 71.4 cm³/mol. The highest BCUT2D eigenvalue weighted by Crippen LogP contribution is 2.14. The summed E-state index contributed by atoms with van der Waals surface area (Å²) in [6.45, 7) is -0.128. The Balaban J connectivity index is 2.46. The molecule has 1 aromatic rings. The molecule has 0 aliphatic carbocycles. The van der Waals surface area contributed by atoms with Crippen molar-refractivity contribution in [2.24, 2.45) is 3.77 Å². The highest BCUT2D eigenvalue weighted by Gasteiger charge is 2.28. The lowest BCUT2D eigenvalue weighted by Crippen LogP contribution is -2.17. The lowest BCUT2D eigenvalue weighted by atomic mass is 10.3. The molecule has 0 aromatic carbocycles. The van der Waals surface area contributed by atoms with Crippen LogP contribution in [0, 0.1) is 0 Å². The largest absolute Gasteiger partial charge is 0.380 e. The minimum absolute atomic E-state index is 0.218. The molecule has 1 atom stereocenters. The second-order valence-corrected chi connectivity index (χ2v) is 8.15. The molecule has 0 saturated heterocycles. The number of ether oxygens (including phenoxy) is 1. The first kappa shape index (κ1) is 18.4. The fourth-order valence-electron chi connectivity index (χ4n) is 1.16. The third kappa shape index (κ3) is 6.30. The minimum Gasteiger partial charge on any atom is -0.380 e. The van der Waals surface area contributed by atoms with Crippen LogP contribution in [0.3, 0.4) is 0 Å². The van der Waals surface area contributed by atoms with Crippen LogP contribution in [0.4, 0.5) is 13.3 Å². The van der Waals surface area contributed by atoms with Gasteiger partial charge in [-0.25, -0.2) is 12.6 Å². The highest BCUT2D eigenvalue weighted by atomic mass is 32.3. The van der Waals surface area contributed by atoms with E-state index in [1.54, 1.807) is 0 Å². The average Bonchev–Trinajstić information content (AvgIpc) is 2.90. The van der Waals surface area contributed by atoms with E-state index in [0.717, 1.165) is 5.56 Å². The predicted octanol–water partition coefficient (Wildman–Crippen LogP) is 2.14. The second kappa shape index (κ2) is 8.08. The molecule has 12 heteroatoms. The standard InChI is InChI=1S/C9H12F3NO5S3/c10-9(11)21(16,18-12)13-20(14,15)6-4-17-3-1-8-2-5-19-7-8/h2,5,7,9H,1,3-4,6H2. The van der Waals surface area contributed by atoms with Gasteiger partial charge in [0.05, 0.1) is 19.0 Å². The van der Waals surface area contributed by atoms with E-state index in [9.17, 15) is 25.9 Å². The maximum absolute atomic E-state index is 12.2. The van der Waals surface area contributed by atoms with E-state index in [-0.39, 0.29) is 13.2 Å². The molecule has 0 amide bonds. The number of rotatable bonds is 9. The summed E-state index contributed by atoms with van der Waals surface area (Å²) >= 11 is 1.50. The first-order valence-corrected chi connectivity index (χ1v) is 9.52. The fraction of sp³-hybridized carbons (Fsp3) is 0.556. The van der Waals surface area contributed by atoms with Gasteiger partial charge in [-0.2, -0.15) is 20.1 Å². The van der Waals surface area contributed by atoms with Crippen molar-refractivity contribution in [3.8, 4) is 0 Å². The van der Waals surface area contributed by atoms with Gasteiger partial charge in [0.15, 0.2) is 0 Å². The molecule has 0 bridgehead atoms. The quantitative estimate of drug-likeness (QED) is 0.625.